The molecule has 0 bridgehead atoms. The standard InChI is InChI=1S/C24H18N6O3.ClH/c31-22(18-12-7-13-19(14-18)30(32)33)26-23-27-24-25-20(16-8-3-1-4-9-16)15-21(29(24)28-23)17-10-5-2-6-11-17;/h1-15,21H,(H2,25,26,27,28,31);1H. The van der Waals surface area contributed by atoms with Gasteiger partial charge >= 0.3 is 0 Å². The summed E-state index contributed by atoms with van der Waals surface area (Å²) < 4.78 is 1.70. The van der Waals surface area contributed by atoms with Crippen molar-refractivity contribution < 1.29 is 9.72 Å². The number of benzene rings is 3. The fourth-order valence-electron chi connectivity index (χ4n) is 3.65. The van der Waals surface area contributed by atoms with Gasteiger partial charge in [0.05, 0.1) is 4.92 Å². The van der Waals surface area contributed by atoms with E-state index in [2.05, 4.69) is 26.8 Å². The van der Waals surface area contributed by atoms with Crippen LogP contribution in [0.2, 0.25) is 0 Å². The predicted octanol–water partition coefficient (Wildman–Crippen LogP) is 4.92. The highest BCUT2D eigenvalue weighted by Gasteiger charge is 2.26. The number of allylic oxidation sites excluding steroid dienone is 1. The number of carbonyl (C=O) groups is 1. The van der Waals surface area contributed by atoms with Crippen LogP contribution in [0, 0.1) is 10.1 Å². The van der Waals surface area contributed by atoms with Gasteiger partial charge < -0.3 is 5.32 Å². The minimum Gasteiger partial charge on any atom is -0.324 e. The maximum Gasteiger partial charge on any atom is 0.270 e. The average molecular weight is 475 g/mol. The number of amides is 1. The Hall–Kier alpha value is -4.50. The molecule has 1 atom stereocenters. The smallest absolute Gasteiger partial charge is 0.270 e. The number of hydrogen-bond donors (Lipinski definition) is 2. The molecule has 5 rings (SSSR count). The van der Waals surface area contributed by atoms with Crippen molar-refractivity contribution in [2.45, 2.75) is 6.04 Å². The number of aromatic nitrogens is 3. The van der Waals surface area contributed by atoms with Crippen LogP contribution < -0.4 is 10.6 Å². The van der Waals surface area contributed by atoms with E-state index in [4.69, 9.17) is 0 Å². The summed E-state index contributed by atoms with van der Waals surface area (Å²) in [6.07, 6.45) is 2.05. The Kier molecular flexibility index (Phi) is 6.37. The fourth-order valence-corrected chi connectivity index (χ4v) is 3.65. The average Bonchev–Trinajstić information content (AvgIpc) is 3.27. The van der Waals surface area contributed by atoms with E-state index in [1.165, 1.54) is 24.3 Å². The molecule has 4 aromatic rings. The number of halogens is 1. The quantitative estimate of drug-likeness (QED) is 0.313. The number of non-ortho nitro benzene ring substituents is 1. The minimum absolute atomic E-state index is 0. The maximum absolute atomic E-state index is 12.7. The Labute approximate surface area is 200 Å². The molecular weight excluding hydrogens is 456 g/mol. The van der Waals surface area contributed by atoms with Gasteiger partial charge in [-0.15, -0.1) is 17.5 Å². The van der Waals surface area contributed by atoms with Crippen LogP contribution in [-0.2, 0) is 0 Å². The molecule has 3 aromatic carbocycles. The van der Waals surface area contributed by atoms with E-state index in [0.29, 0.717) is 5.95 Å². The van der Waals surface area contributed by atoms with E-state index in [-0.39, 0.29) is 35.6 Å². The zero-order valence-electron chi connectivity index (χ0n) is 17.7. The minimum atomic E-state index is -0.546. The van der Waals surface area contributed by atoms with Gasteiger partial charge in [-0.05, 0) is 23.3 Å². The molecule has 0 aliphatic carbocycles. The van der Waals surface area contributed by atoms with Gasteiger partial charge in [0.2, 0.25) is 5.95 Å². The van der Waals surface area contributed by atoms with Crippen LogP contribution in [0.1, 0.15) is 27.5 Å². The zero-order chi connectivity index (χ0) is 22.8. The second kappa shape index (κ2) is 9.55. The summed E-state index contributed by atoms with van der Waals surface area (Å²) in [5.74, 6) is 0.0337. The second-order valence-electron chi connectivity index (χ2n) is 7.39. The van der Waals surface area contributed by atoms with Crippen molar-refractivity contribution in [1.82, 2.24) is 14.8 Å². The number of fused-ring (bicyclic) bond motifs is 1. The summed E-state index contributed by atoms with van der Waals surface area (Å²) in [4.78, 5) is 27.6. The molecule has 2 N–H and O–H groups in total. The van der Waals surface area contributed by atoms with Gasteiger partial charge in [0, 0.05) is 23.4 Å². The molecule has 0 radical (unpaired) electrons. The number of carbonyl (C=O) groups excluding carboxylic acids is 1. The Morgan fingerprint density at radius 2 is 1.71 bits per heavy atom. The highest BCUT2D eigenvalue weighted by molar-refractivity contribution is 6.03. The first-order valence-electron chi connectivity index (χ1n) is 10.2. The highest BCUT2D eigenvalue weighted by atomic mass is 35.5. The van der Waals surface area contributed by atoms with Crippen LogP contribution in [0.4, 0.5) is 17.6 Å². The first-order chi connectivity index (χ1) is 16.1. The molecule has 1 unspecified atom stereocenters. The lowest BCUT2D eigenvalue weighted by atomic mass is 10.0. The van der Waals surface area contributed by atoms with Gasteiger partial charge in [0.1, 0.15) is 6.04 Å². The van der Waals surface area contributed by atoms with Gasteiger partial charge in [-0.25, -0.2) is 4.68 Å². The van der Waals surface area contributed by atoms with E-state index in [9.17, 15) is 14.9 Å². The van der Waals surface area contributed by atoms with Crippen LogP contribution in [0.3, 0.4) is 0 Å². The normalized spacial score (nSPS) is 14.1. The largest absolute Gasteiger partial charge is 0.324 e. The molecule has 1 aromatic heterocycles. The molecule has 1 aliphatic heterocycles. The van der Waals surface area contributed by atoms with Crippen molar-refractivity contribution >= 4 is 41.6 Å². The number of nitrogens with zero attached hydrogens (tertiary/aromatic N) is 4. The van der Waals surface area contributed by atoms with Crippen molar-refractivity contribution in [3.05, 3.63) is 118 Å². The van der Waals surface area contributed by atoms with Crippen molar-refractivity contribution in [1.29, 1.82) is 0 Å². The van der Waals surface area contributed by atoms with Gasteiger partial charge in [-0.1, -0.05) is 66.7 Å². The Morgan fingerprint density at radius 1 is 1.00 bits per heavy atom. The molecule has 1 aliphatic rings. The van der Waals surface area contributed by atoms with Crippen LogP contribution in [0.25, 0.3) is 5.70 Å². The predicted molar refractivity (Wildman–Crippen MR) is 131 cm³/mol. The first kappa shape index (κ1) is 22.7. The molecule has 0 spiro atoms. The summed E-state index contributed by atoms with van der Waals surface area (Å²) in [5.41, 5.74) is 2.86. The van der Waals surface area contributed by atoms with Crippen molar-refractivity contribution in [3.8, 4) is 0 Å². The van der Waals surface area contributed by atoms with Gasteiger partial charge in [-0.2, -0.15) is 4.98 Å². The van der Waals surface area contributed by atoms with E-state index in [0.717, 1.165) is 16.8 Å². The molecule has 0 fully saturated rings. The summed E-state index contributed by atoms with van der Waals surface area (Å²) in [7, 11) is 0. The van der Waals surface area contributed by atoms with Gasteiger partial charge in [0.25, 0.3) is 17.5 Å². The molecule has 0 saturated carbocycles. The highest BCUT2D eigenvalue weighted by Crippen LogP contribution is 2.33. The number of hydrogen-bond acceptors (Lipinski definition) is 6. The van der Waals surface area contributed by atoms with Gasteiger partial charge in [-0.3, -0.25) is 20.2 Å². The summed E-state index contributed by atoms with van der Waals surface area (Å²) in [5, 5.41) is 21.4. The third kappa shape index (κ3) is 4.50. The molecule has 0 saturated heterocycles. The third-order valence-corrected chi connectivity index (χ3v) is 5.24. The number of nitro groups is 1. The molecule has 9 nitrogen and oxygen atoms in total. The Bertz CT molecular complexity index is 1370. The van der Waals surface area contributed by atoms with Crippen LogP contribution in [-0.4, -0.2) is 25.6 Å². The van der Waals surface area contributed by atoms with E-state index in [1.807, 2.05) is 60.7 Å². The summed E-state index contributed by atoms with van der Waals surface area (Å²) in [6.45, 7) is 0. The molecule has 10 heteroatoms. The maximum atomic E-state index is 12.7. The summed E-state index contributed by atoms with van der Waals surface area (Å²) >= 11 is 0. The lowest BCUT2D eigenvalue weighted by molar-refractivity contribution is -0.384. The van der Waals surface area contributed by atoms with Crippen LogP contribution >= 0.6 is 12.4 Å². The SMILES string of the molecule is Cl.O=C(Nc1nc2n(n1)C(c1ccccc1)C=C(c1ccccc1)N2)c1cccc([N+](=O)[O-])c1. The van der Waals surface area contributed by atoms with E-state index in [1.54, 1.807) is 4.68 Å². The molecule has 34 heavy (non-hydrogen) atoms. The Balaban J connectivity index is 0.00000274. The van der Waals surface area contributed by atoms with Crippen molar-refractivity contribution in [2.24, 2.45) is 0 Å². The number of nitrogens with one attached hydrogen (secondary N) is 2. The van der Waals surface area contributed by atoms with E-state index < -0.39 is 10.8 Å². The lowest BCUT2D eigenvalue weighted by Crippen LogP contribution is -2.20. The topological polar surface area (TPSA) is 115 Å². The summed E-state index contributed by atoms with van der Waals surface area (Å²) in [6, 6.07) is 25.0. The molecule has 170 valence electrons. The number of rotatable bonds is 5. The molecule has 1 amide bonds. The van der Waals surface area contributed by atoms with Gasteiger partial charge in [0.15, 0.2) is 0 Å². The van der Waals surface area contributed by atoms with E-state index >= 15 is 0 Å². The Morgan fingerprint density at radius 3 is 2.41 bits per heavy atom. The van der Waals surface area contributed by atoms with Crippen LogP contribution in [0.5, 0.6) is 0 Å². The molecule has 2 heterocycles. The van der Waals surface area contributed by atoms with Crippen LogP contribution in [0.15, 0.2) is 91.0 Å². The zero-order valence-corrected chi connectivity index (χ0v) is 18.5. The monoisotopic (exact) mass is 474 g/mol. The molecular formula is C24H19ClN6O3. The van der Waals surface area contributed by atoms with Crippen molar-refractivity contribution in [3.63, 3.8) is 0 Å². The third-order valence-electron chi connectivity index (χ3n) is 5.24. The number of nitro benzene ring substituents is 1. The second-order valence-corrected chi connectivity index (χ2v) is 7.39. The first-order valence-corrected chi connectivity index (χ1v) is 10.2. The van der Waals surface area contributed by atoms with Crippen molar-refractivity contribution in [2.75, 3.05) is 10.6 Å². The fraction of sp³-hybridized carbons (Fsp3) is 0.0417. The number of anilines is 2. The lowest BCUT2D eigenvalue weighted by Gasteiger charge is -2.24.